The first-order valence-corrected chi connectivity index (χ1v) is 21.1. The van der Waals surface area contributed by atoms with Gasteiger partial charge in [0.2, 0.25) is 0 Å². The zero-order valence-electron chi connectivity index (χ0n) is 33.1. The molecule has 8 nitrogen and oxygen atoms in total. The van der Waals surface area contributed by atoms with Gasteiger partial charge in [-0.3, -0.25) is 14.4 Å². The van der Waals surface area contributed by atoms with E-state index in [-0.39, 0.29) is 41.3 Å². The van der Waals surface area contributed by atoms with Crippen LogP contribution in [0.25, 0.3) is 0 Å². The van der Waals surface area contributed by atoms with Crippen LogP contribution < -0.4 is 0 Å². The van der Waals surface area contributed by atoms with Gasteiger partial charge in [0.05, 0.1) is 37.9 Å². The molecule has 0 fully saturated rings. The summed E-state index contributed by atoms with van der Waals surface area (Å²) in [5, 5.41) is 1.10. The average Bonchev–Trinajstić information content (AvgIpc) is 3.14. The van der Waals surface area contributed by atoms with Gasteiger partial charge in [0.25, 0.3) is 5.91 Å². The fraction of sp³-hybridized carbons (Fsp3) is 0.488. The molecular formula is C43H61NO7Si. The number of hydroxylamine groups is 2. The van der Waals surface area contributed by atoms with E-state index in [1.54, 1.807) is 34.3 Å². The number of benzene rings is 3. The summed E-state index contributed by atoms with van der Waals surface area (Å²) in [5.74, 6) is -1.04. The van der Waals surface area contributed by atoms with Crippen molar-refractivity contribution in [2.75, 3.05) is 35.0 Å². The first-order chi connectivity index (χ1) is 24.6. The summed E-state index contributed by atoms with van der Waals surface area (Å²) in [5.41, 5.74) is 2.17. The topological polar surface area (TPSA) is 83.5 Å². The number of hydrogen-bond donors (Lipinski definition) is 0. The monoisotopic (exact) mass is 731 g/mol. The lowest BCUT2D eigenvalue weighted by molar-refractivity contribution is -0.176. The lowest BCUT2D eigenvalue weighted by Crippen LogP contribution is -2.48. The van der Waals surface area contributed by atoms with Gasteiger partial charge in [0, 0.05) is 40.0 Å². The van der Waals surface area contributed by atoms with E-state index in [0.29, 0.717) is 13.0 Å². The Morgan fingerprint density at radius 3 is 1.65 bits per heavy atom. The summed E-state index contributed by atoms with van der Waals surface area (Å²) in [6, 6.07) is 30.8. The molecule has 5 atom stereocenters. The number of methoxy groups -OCH3 is 2. The van der Waals surface area contributed by atoms with Crippen molar-refractivity contribution in [3.8, 4) is 0 Å². The van der Waals surface area contributed by atoms with Crippen LogP contribution >= 0.6 is 0 Å². The van der Waals surface area contributed by atoms with Gasteiger partial charge >= 0.3 is 0 Å². The molecule has 0 saturated carbocycles. The molecule has 0 radical (unpaired) electrons. The van der Waals surface area contributed by atoms with Crippen molar-refractivity contribution in [2.45, 2.75) is 89.5 Å². The molecule has 3 aromatic carbocycles. The summed E-state index contributed by atoms with van der Waals surface area (Å²) in [7, 11) is 4.08. The normalized spacial score (nSPS) is 15.5. The molecule has 0 bridgehead atoms. The van der Waals surface area contributed by atoms with Gasteiger partial charge in [0.15, 0.2) is 14.1 Å². The van der Waals surface area contributed by atoms with Gasteiger partial charge in [-0.1, -0.05) is 132 Å². The van der Waals surface area contributed by atoms with Crippen LogP contribution in [0.1, 0.15) is 64.2 Å². The first-order valence-electron chi connectivity index (χ1n) is 18.2. The summed E-state index contributed by atoms with van der Waals surface area (Å²) in [6.07, 6.45) is 2.93. The molecule has 52 heavy (non-hydrogen) atoms. The Labute approximate surface area is 313 Å². The second-order valence-corrected chi connectivity index (χ2v) is 19.8. The molecule has 0 aromatic heterocycles. The Morgan fingerprint density at radius 1 is 0.769 bits per heavy atom. The van der Waals surface area contributed by atoms with E-state index in [1.807, 2.05) is 67.6 Å². The number of carbonyl (C=O) groups is 2. The SMILES string of the molecule is CO[C@@H](COC(c1ccccc1)(c1ccccc1)c1ccccc1)C[C@H](OC)[C@@H](C)/C=C/C(=O)C[C@H](O[Si](C)(C)C(C)(C)C)[C@@H](C)C(=O)N(C)OC. The Balaban J connectivity index is 1.80. The molecular weight excluding hydrogens is 671 g/mol. The number of rotatable bonds is 20. The molecule has 0 N–H and O–H groups in total. The molecule has 3 aromatic rings. The van der Waals surface area contributed by atoms with E-state index in [0.717, 1.165) is 16.7 Å². The zero-order chi connectivity index (χ0) is 38.5. The second-order valence-electron chi connectivity index (χ2n) is 15.1. The lowest BCUT2D eigenvalue weighted by Gasteiger charge is -2.40. The van der Waals surface area contributed by atoms with E-state index in [4.69, 9.17) is 23.5 Å². The van der Waals surface area contributed by atoms with Crippen LogP contribution in [0.2, 0.25) is 18.1 Å². The third-order valence-corrected chi connectivity index (χ3v) is 15.0. The molecule has 9 heteroatoms. The molecule has 0 heterocycles. The first kappa shape index (κ1) is 43.0. The molecule has 284 valence electrons. The number of amides is 1. The minimum atomic E-state index is -2.30. The quantitative estimate of drug-likeness (QED) is 0.0498. The summed E-state index contributed by atoms with van der Waals surface area (Å²) in [6.45, 7) is 14.8. The number of ether oxygens (including phenoxy) is 3. The molecule has 0 aliphatic rings. The van der Waals surface area contributed by atoms with Crippen molar-refractivity contribution in [3.63, 3.8) is 0 Å². The summed E-state index contributed by atoms with van der Waals surface area (Å²) in [4.78, 5) is 31.7. The van der Waals surface area contributed by atoms with Crippen molar-refractivity contribution in [1.82, 2.24) is 5.06 Å². The number of allylic oxidation sites excluding steroid dienone is 1. The van der Waals surface area contributed by atoms with Crippen molar-refractivity contribution in [3.05, 3.63) is 120 Å². The summed E-state index contributed by atoms with van der Waals surface area (Å²) >= 11 is 0. The predicted molar refractivity (Wildman–Crippen MR) is 210 cm³/mol. The highest BCUT2D eigenvalue weighted by Gasteiger charge is 2.42. The Morgan fingerprint density at radius 2 is 1.25 bits per heavy atom. The van der Waals surface area contributed by atoms with E-state index >= 15 is 0 Å². The van der Waals surface area contributed by atoms with E-state index in [1.165, 1.54) is 12.2 Å². The van der Waals surface area contributed by atoms with Gasteiger partial charge in [-0.2, -0.15) is 0 Å². The highest BCUT2D eigenvalue weighted by Crippen LogP contribution is 2.41. The third-order valence-electron chi connectivity index (χ3n) is 10.5. The largest absolute Gasteiger partial charge is 0.413 e. The van der Waals surface area contributed by atoms with E-state index in [2.05, 4.69) is 70.3 Å². The Bertz CT molecular complexity index is 1450. The van der Waals surface area contributed by atoms with Gasteiger partial charge < -0.3 is 18.6 Å². The molecule has 0 aliphatic heterocycles. The van der Waals surface area contributed by atoms with Crippen LogP contribution in [0.4, 0.5) is 0 Å². The maximum atomic E-state index is 13.5. The Kier molecular flexibility index (Phi) is 16.2. The lowest BCUT2D eigenvalue weighted by atomic mass is 9.80. The van der Waals surface area contributed by atoms with Crippen molar-refractivity contribution in [1.29, 1.82) is 0 Å². The number of nitrogens with zero attached hydrogens (tertiary/aromatic N) is 1. The number of ketones is 1. The van der Waals surface area contributed by atoms with Crippen molar-refractivity contribution < 1.29 is 33.1 Å². The zero-order valence-corrected chi connectivity index (χ0v) is 34.1. The molecule has 0 unspecified atom stereocenters. The molecule has 0 saturated heterocycles. The van der Waals surface area contributed by atoms with Crippen molar-refractivity contribution in [2.24, 2.45) is 11.8 Å². The molecule has 0 spiro atoms. The maximum Gasteiger partial charge on any atom is 0.251 e. The average molecular weight is 732 g/mol. The van der Waals surface area contributed by atoms with E-state index < -0.39 is 25.9 Å². The molecule has 3 rings (SSSR count). The fourth-order valence-electron chi connectivity index (χ4n) is 6.06. The van der Waals surface area contributed by atoms with Gasteiger partial charge in [-0.25, -0.2) is 5.06 Å². The summed E-state index contributed by atoms with van der Waals surface area (Å²) < 4.78 is 25.7. The second kappa shape index (κ2) is 19.6. The van der Waals surface area contributed by atoms with Crippen LogP contribution in [0, 0.1) is 11.8 Å². The Hall–Kier alpha value is -3.44. The van der Waals surface area contributed by atoms with Crippen LogP contribution in [-0.2, 0) is 38.7 Å². The number of carbonyl (C=O) groups excluding carboxylic acids is 2. The van der Waals surface area contributed by atoms with Gasteiger partial charge in [-0.05, 0) is 40.9 Å². The van der Waals surface area contributed by atoms with Crippen LogP contribution in [0.3, 0.4) is 0 Å². The van der Waals surface area contributed by atoms with Gasteiger partial charge in [0.1, 0.15) is 5.60 Å². The number of hydrogen-bond acceptors (Lipinski definition) is 7. The van der Waals surface area contributed by atoms with E-state index in [9.17, 15) is 9.59 Å². The maximum absolute atomic E-state index is 13.5. The van der Waals surface area contributed by atoms with Crippen LogP contribution in [0.15, 0.2) is 103 Å². The highest BCUT2D eigenvalue weighted by atomic mass is 28.4. The smallest absolute Gasteiger partial charge is 0.251 e. The molecule has 0 aliphatic carbocycles. The molecule has 1 amide bonds. The van der Waals surface area contributed by atoms with Gasteiger partial charge in [-0.15, -0.1) is 0 Å². The van der Waals surface area contributed by atoms with Crippen molar-refractivity contribution >= 4 is 20.0 Å². The third kappa shape index (κ3) is 11.0. The van der Waals surface area contributed by atoms with Crippen LogP contribution in [-0.4, -0.2) is 78.4 Å². The predicted octanol–water partition coefficient (Wildman–Crippen LogP) is 8.61. The minimum Gasteiger partial charge on any atom is -0.413 e. The van der Waals surface area contributed by atoms with Crippen LogP contribution in [0.5, 0.6) is 0 Å². The fourth-order valence-corrected chi connectivity index (χ4v) is 7.46. The minimum absolute atomic E-state index is 0.0763. The highest BCUT2D eigenvalue weighted by molar-refractivity contribution is 6.74. The standard InChI is InChI=1S/C43H61NO7Si/c1-32(27-28-37(45)29-40(33(2)41(46)44(6)49-9)51-52(10,11)42(3,4)5)39(48-8)30-38(47-7)31-50-43(34-21-15-12-16-22-34,35-23-17-13-18-24-35)36-25-19-14-20-26-36/h12-28,32-33,38-40H,29-31H2,1-11H3/b28-27+/t32-,33+,38+,39-,40-/m0/s1.